The molecule has 2 aromatic rings. The largest absolute Gasteiger partial charge is 0.487 e. The van der Waals surface area contributed by atoms with Crippen LogP contribution in [0.2, 0.25) is 0 Å². The van der Waals surface area contributed by atoms with Crippen molar-refractivity contribution in [1.29, 1.82) is 0 Å². The van der Waals surface area contributed by atoms with Gasteiger partial charge in [0.2, 0.25) is 0 Å². The lowest BCUT2D eigenvalue weighted by molar-refractivity contribution is -0.143. The molecule has 0 saturated carbocycles. The number of hydrogen-bond donors (Lipinski definition) is 0. The van der Waals surface area contributed by atoms with Crippen LogP contribution in [0.25, 0.3) is 6.08 Å². The summed E-state index contributed by atoms with van der Waals surface area (Å²) in [7, 11) is 1.20. The van der Waals surface area contributed by atoms with Crippen molar-refractivity contribution in [2.75, 3.05) is 13.7 Å². The van der Waals surface area contributed by atoms with Crippen molar-refractivity contribution >= 4 is 66.8 Å². The molecule has 156 valence electrons. The maximum atomic E-state index is 12.5. The molecule has 1 saturated heterocycles. The number of rotatable bonds is 6. The van der Waals surface area contributed by atoms with Crippen LogP contribution in [0, 0.1) is 6.92 Å². The van der Waals surface area contributed by atoms with Gasteiger partial charge in [-0.2, -0.15) is 0 Å². The van der Waals surface area contributed by atoms with Crippen molar-refractivity contribution in [1.82, 2.24) is 4.90 Å². The predicted molar refractivity (Wildman–Crippen MR) is 122 cm³/mol. The third-order valence-electron chi connectivity index (χ3n) is 4.17. The quantitative estimate of drug-likeness (QED) is 0.356. The zero-order chi connectivity index (χ0) is 21.8. The van der Waals surface area contributed by atoms with E-state index in [1.165, 1.54) is 7.11 Å². The summed E-state index contributed by atoms with van der Waals surface area (Å²) < 4.78 is 11.9. The Balaban J connectivity index is 1.77. The first-order valence-corrected chi connectivity index (χ1v) is 11.2. The Morgan fingerprint density at radius 3 is 2.50 bits per heavy atom. The van der Waals surface area contributed by atoms with Gasteiger partial charge in [0.1, 0.15) is 18.9 Å². The minimum atomic E-state index is -0.654. The molecular formula is C21H17Br2NO5S. The number of thioether (sulfide) groups is 1. The number of benzene rings is 2. The zero-order valence-corrected chi connectivity index (χ0v) is 20.1. The molecule has 2 amide bonds. The molecule has 1 aliphatic heterocycles. The Kier molecular flexibility index (Phi) is 7.38. The van der Waals surface area contributed by atoms with Crippen molar-refractivity contribution in [3.8, 4) is 5.75 Å². The second-order valence-corrected chi connectivity index (χ2v) is 9.14. The molecule has 0 aromatic heterocycles. The Morgan fingerprint density at radius 1 is 1.17 bits per heavy atom. The van der Waals surface area contributed by atoms with Gasteiger partial charge < -0.3 is 9.47 Å². The van der Waals surface area contributed by atoms with E-state index in [1.54, 1.807) is 18.2 Å². The molecule has 0 aliphatic carbocycles. The summed E-state index contributed by atoms with van der Waals surface area (Å²) in [5.74, 6) is -0.547. The number of amides is 2. The van der Waals surface area contributed by atoms with E-state index in [4.69, 9.17) is 4.74 Å². The van der Waals surface area contributed by atoms with Crippen LogP contribution in [0.4, 0.5) is 4.79 Å². The molecule has 0 spiro atoms. The molecule has 0 atom stereocenters. The van der Waals surface area contributed by atoms with E-state index in [0.29, 0.717) is 26.9 Å². The Morgan fingerprint density at radius 2 is 1.87 bits per heavy atom. The van der Waals surface area contributed by atoms with E-state index >= 15 is 0 Å². The summed E-state index contributed by atoms with van der Waals surface area (Å²) in [4.78, 5) is 37.0. The Labute approximate surface area is 194 Å². The summed E-state index contributed by atoms with van der Waals surface area (Å²) in [5, 5.41) is -0.507. The Hall–Kier alpha value is -2.10. The van der Waals surface area contributed by atoms with Gasteiger partial charge in [-0.15, -0.1) is 0 Å². The summed E-state index contributed by atoms with van der Waals surface area (Å²) in [6.07, 6.45) is 1.60. The summed E-state index contributed by atoms with van der Waals surface area (Å²) in [6.45, 7) is 2.03. The van der Waals surface area contributed by atoms with Crippen LogP contribution in [0.3, 0.4) is 0 Å². The molecule has 30 heavy (non-hydrogen) atoms. The van der Waals surface area contributed by atoms with Crippen molar-refractivity contribution in [3.63, 3.8) is 0 Å². The fourth-order valence-corrected chi connectivity index (χ4v) is 5.03. The molecule has 2 aromatic carbocycles. The monoisotopic (exact) mass is 553 g/mol. The highest BCUT2D eigenvalue weighted by molar-refractivity contribution is 9.11. The highest BCUT2D eigenvalue weighted by Gasteiger charge is 2.36. The molecule has 9 heteroatoms. The van der Waals surface area contributed by atoms with E-state index in [9.17, 15) is 14.4 Å². The lowest BCUT2D eigenvalue weighted by atomic mass is 10.1. The third kappa shape index (κ3) is 5.33. The summed E-state index contributed by atoms with van der Waals surface area (Å²) in [5.41, 5.74) is 2.91. The van der Waals surface area contributed by atoms with Crippen LogP contribution < -0.4 is 4.74 Å². The Bertz CT molecular complexity index is 1030. The van der Waals surface area contributed by atoms with Crippen LogP contribution in [0.5, 0.6) is 5.75 Å². The molecular weight excluding hydrogens is 538 g/mol. The second kappa shape index (κ2) is 9.80. The number of ether oxygens (including phenoxy) is 2. The van der Waals surface area contributed by atoms with Gasteiger partial charge in [-0.3, -0.25) is 19.3 Å². The summed E-state index contributed by atoms with van der Waals surface area (Å²) in [6, 6.07) is 11.6. The van der Waals surface area contributed by atoms with Crippen LogP contribution >= 0.6 is 43.6 Å². The van der Waals surface area contributed by atoms with E-state index in [2.05, 4.69) is 42.7 Å². The SMILES string of the molecule is COC(=O)CN1C(=O)SC(=Cc2cc(Br)c(OCc3cccc(C)c3)c(Br)c2)C1=O. The average Bonchev–Trinajstić information content (AvgIpc) is 2.94. The molecule has 6 nitrogen and oxygen atoms in total. The normalized spacial score (nSPS) is 15.1. The zero-order valence-electron chi connectivity index (χ0n) is 16.1. The standard InChI is InChI=1S/C21H17Br2NO5S/c1-12-4-3-5-13(6-12)11-29-19-15(22)7-14(8-16(19)23)9-17-20(26)24(21(27)30-17)10-18(25)28-2/h3-9H,10-11H2,1-2H3. The molecule has 1 fully saturated rings. The van der Waals surface area contributed by atoms with E-state index in [0.717, 1.165) is 27.8 Å². The molecule has 1 aliphatic rings. The van der Waals surface area contributed by atoms with Gasteiger partial charge in [0.05, 0.1) is 21.0 Å². The number of carbonyl (C=O) groups is 3. The van der Waals surface area contributed by atoms with Crippen molar-refractivity contribution in [3.05, 3.63) is 66.9 Å². The molecule has 0 unspecified atom stereocenters. The number of hydrogen-bond acceptors (Lipinski definition) is 6. The van der Waals surface area contributed by atoms with Gasteiger partial charge in [-0.05, 0) is 79.9 Å². The lowest BCUT2D eigenvalue weighted by Crippen LogP contribution is -2.34. The van der Waals surface area contributed by atoms with Crippen LogP contribution in [0.15, 0.2) is 50.2 Å². The van der Waals surface area contributed by atoms with Gasteiger partial charge >= 0.3 is 5.97 Å². The minimum absolute atomic E-state index is 0.233. The molecule has 0 radical (unpaired) electrons. The van der Waals surface area contributed by atoms with Crippen LogP contribution in [-0.4, -0.2) is 35.7 Å². The number of aryl methyl sites for hydroxylation is 1. The minimum Gasteiger partial charge on any atom is -0.487 e. The van der Waals surface area contributed by atoms with Gasteiger partial charge in [0.25, 0.3) is 11.1 Å². The van der Waals surface area contributed by atoms with Gasteiger partial charge in [-0.1, -0.05) is 29.8 Å². The van der Waals surface area contributed by atoms with Crippen molar-refractivity contribution in [2.45, 2.75) is 13.5 Å². The first kappa shape index (κ1) is 22.6. The molecule has 0 N–H and O–H groups in total. The maximum Gasteiger partial charge on any atom is 0.325 e. The number of carbonyl (C=O) groups excluding carboxylic acids is 3. The highest BCUT2D eigenvalue weighted by Crippen LogP contribution is 2.38. The van der Waals surface area contributed by atoms with E-state index in [1.807, 2.05) is 25.1 Å². The fourth-order valence-electron chi connectivity index (χ4n) is 2.74. The maximum absolute atomic E-state index is 12.5. The topological polar surface area (TPSA) is 72.9 Å². The number of halogens is 2. The van der Waals surface area contributed by atoms with Gasteiger partial charge in [0, 0.05) is 0 Å². The van der Waals surface area contributed by atoms with Crippen molar-refractivity contribution < 1.29 is 23.9 Å². The number of methoxy groups -OCH3 is 1. The predicted octanol–water partition coefficient (Wildman–Crippen LogP) is 5.31. The van der Waals surface area contributed by atoms with Gasteiger partial charge in [-0.25, -0.2) is 0 Å². The fraction of sp³-hybridized carbons (Fsp3) is 0.190. The molecule has 1 heterocycles. The molecule has 3 rings (SSSR count). The summed E-state index contributed by atoms with van der Waals surface area (Å²) >= 11 is 7.79. The molecule has 0 bridgehead atoms. The van der Waals surface area contributed by atoms with Crippen molar-refractivity contribution in [2.24, 2.45) is 0 Å². The van der Waals surface area contributed by atoms with Crippen LogP contribution in [0.1, 0.15) is 16.7 Å². The number of nitrogens with zero attached hydrogens (tertiary/aromatic N) is 1. The lowest BCUT2D eigenvalue weighted by Gasteiger charge is -2.12. The average molecular weight is 555 g/mol. The third-order valence-corrected chi connectivity index (χ3v) is 6.26. The second-order valence-electron chi connectivity index (χ2n) is 6.44. The first-order chi connectivity index (χ1) is 14.3. The smallest absolute Gasteiger partial charge is 0.325 e. The highest BCUT2D eigenvalue weighted by atomic mass is 79.9. The van der Waals surface area contributed by atoms with Crippen LogP contribution in [-0.2, 0) is 20.9 Å². The number of imide groups is 1. The number of esters is 1. The van der Waals surface area contributed by atoms with Gasteiger partial charge in [0.15, 0.2) is 0 Å². The first-order valence-electron chi connectivity index (χ1n) is 8.78. The van der Waals surface area contributed by atoms with E-state index in [-0.39, 0.29) is 4.91 Å². The van der Waals surface area contributed by atoms with E-state index < -0.39 is 23.7 Å².